The number of hydrazine groups is 1. The van der Waals surface area contributed by atoms with Gasteiger partial charge in [-0.2, -0.15) is 0 Å². The molecule has 0 rings (SSSR count). The van der Waals surface area contributed by atoms with Crippen LogP contribution >= 0.6 is 23.2 Å². The van der Waals surface area contributed by atoms with Crippen molar-refractivity contribution >= 4 is 47.0 Å². The van der Waals surface area contributed by atoms with E-state index in [4.69, 9.17) is 32.7 Å². The Bertz CT molecular complexity index is 1030. The Hall–Kier alpha value is -2.14. The molecule has 0 aromatic rings. The third-order valence-electron chi connectivity index (χ3n) is 9.33. The number of nitrogens with zero attached hydrogens (tertiary/aromatic N) is 1. The predicted octanol–water partition coefficient (Wildman–Crippen LogP) is 9.40. The average molecular weight is 806 g/mol. The van der Waals surface area contributed by atoms with Gasteiger partial charge in [-0.15, -0.1) is 23.2 Å². The van der Waals surface area contributed by atoms with Gasteiger partial charge < -0.3 is 19.7 Å². The fourth-order valence-electron chi connectivity index (χ4n) is 6.07. The van der Waals surface area contributed by atoms with Gasteiger partial charge in [-0.1, -0.05) is 102 Å². The minimum atomic E-state index is -0.739. The first-order chi connectivity index (χ1) is 26.1. The molecule has 4 unspecified atom stereocenters. The number of hydrogen-bond acceptors (Lipinski definition) is 8. The normalized spacial score (nSPS) is 13.8. The number of halogens is 2. The van der Waals surface area contributed by atoms with Crippen LogP contribution in [0, 0.1) is 0 Å². The van der Waals surface area contributed by atoms with E-state index in [2.05, 4.69) is 31.4 Å². The highest BCUT2D eigenvalue weighted by molar-refractivity contribution is 6.26. The largest absolute Gasteiger partial charge is 0.459 e. The van der Waals surface area contributed by atoms with Gasteiger partial charge in [0.05, 0.1) is 12.2 Å². The van der Waals surface area contributed by atoms with Crippen LogP contribution in [0.4, 0.5) is 0 Å². The number of amides is 2. The van der Waals surface area contributed by atoms with Crippen LogP contribution < -0.4 is 5.43 Å². The van der Waals surface area contributed by atoms with Crippen LogP contribution in [0.1, 0.15) is 175 Å². The highest BCUT2D eigenvalue weighted by Gasteiger charge is 2.23. The first kappa shape index (κ1) is 51.9. The van der Waals surface area contributed by atoms with E-state index in [0.29, 0.717) is 45.1 Å². The molecule has 2 amide bonds. The SMILES string of the molecule is CCCCCC(OC(=O)CCl)C(O)CC=CCCCCCCCC(=O)NN(CC)C(=O)CCCCCCCC=CCC(O)C(CCCCC)OC(=O)CCl. The van der Waals surface area contributed by atoms with Gasteiger partial charge in [-0.05, 0) is 84.0 Å². The fourth-order valence-corrected chi connectivity index (χ4v) is 6.19. The second kappa shape index (κ2) is 36.5. The number of unbranched alkanes of at least 4 members (excludes halogenated alkanes) is 14. The van der Waals surface area contributed by atoms with E-state index in [9.17, 15) is 29.4 Å². The third kappa shape index (κ3) is 29.2. The number of esters is 2. The minimum absolute atomic E-state index is 0.0547. The molecule has 3 N–H and O–H groups in total. The summed E-state index contributed by atoms with van der Waals surface area (Å²) < 4.78 is 10.7. The average Bonchev–Trinajstić information content (AvgIpc) is 3.17. The molecule has 0 spiro atoms. The second-order valence-corrected chi connectivity index (χ2v) is 14.7. The molecular formula is C42H74Cl2N2O8. The molecule has 0 fully saturated rings. The minimum Gasteiger partial charge on any atom is -0.459 e. The summed E-state index contributed by atoms with van der Waals surface area (Å²) in [6, 6.07) is 0. The second-order valence-electron chi connectivity index (χ2n) is 14.2. The maximum Gasteiger partial charge on any atom is 0.321 e. The van der Waals surface area contributed by atoms with Crippen LogP contribution in [0.3, 0.4) is 0 Å². The van der Waals surface area contributed by atoms with E-state index >= 15 is 0 Å². The number of rotatable bonds is 35. The zero-order valence-corrected chi connectivity index (χ0v) is 35.3. The van der Waals surface area contributed by atoms with Crippen molar-refractivity contribution in [3.05, 3.63) is 24.3 Å². The smallest absolute Gasteiger partial charge is 0.321 e. The summed E-state index contributed by atoms with van der Waals surface area (Å²) in [6.07, 6.45) is 25.9. The first-order valence-electron chi connectivity index (χ1n) is 20.9. The standard InChI is InChI=1S/C42H74Cl2N2O8/c1-4-7-21-29-37(53-41(51)33-43)35(47)27-23-17-13-9-11-15-19-25-31-39(49)45-46(6-3)40(50)32-26-20-16-12-10-14-18-24-28-36(48)38(30-22-8-5-2)54-42(52)34-44/h17-18,23-24,35-38,47-48H,4-16,19-22,25-34H2,1-3H3,(H,45,49). The van der Waals surface area contributed by atoms with Gasteiger partial charge in [-0.3, -0.25) is 29.6 Å². The molecule has 12 heteroatoms. The van der Waals surface area contributed by atoms with Crippen LogP contribution in [0.25, 0.3) is 0 Å². The summed E-state index contributed by atoms with van der Waals surface area (Å²) >= 11 is 11.1. The van der Waals surface area contributed by atoms with Crippen molar-refractivity contribution in [1.29, 1.82) is 0 Å². The van der Waals surface area contributed by atoms with E-state index in [0.717, 1.165) is 116 Å². The summed E-state index contributed by atoms with van der Waals surface area (Å²) in [6.45, 7) is 6.50. The number of hydrogen-bond donors (Lipinski definition) is 3. The van der Waals surface area contributed by atoms with Crippen molar-refractivity contribution < 1.29 is 38.9 Å². The number of alkyl halides is 2. The Morgan fingerprint density at radius 1 is 0.593 bits per heavy atom. The summed E-state index contributed by atoms with van der Waals surface area (Å²) in [4.78, 5) is 48.4. The highest BCUT2D eigenvalue weighted by atomic mass is 35.5. The lowest BCUT2D eigenvalue weighted by molar-refractivity contribution is -0.153. The quantitative estimate of drug-likeness (QED) is 0.0189. The molecule has 4 atom stereocenters. The van der Waals surface area contributed by atoms with E-state index in [-0.39, 0.29) is 23.6 Å². The molecule has 0 bridgehead atoms. The Balaban J connectivity index is 4.06. The molecule has 0 aromatic carbocycles. The van der Waals surface area contributed by atoms with Crippen LogP contribution in [-0.4, -0.2) is 81.7 Å². The molecule has 0 aliphatic rings. The Labute approximate surface area is 337 Å². The maximum absolute atomic E-state index is 12.7. The van der Waals surface area contributed by atoms with Crippen molar-refractivity contribution in [2.45, 2.75) is 199 Å². The lowest BCUT2D eigenvalue weighted by Crippen LogP contribution is -2.45. The molecular weight excluding hydrogens is 731 g/mol. The van der Waals surface area contributed by atoms with Gasteiger partial charge >= 0.3 is 11.9 Å². The predicted molar refractivity (Wildman–Crippen MR) is 219 cm³/mol. The van der Waals surface area contributed by atoms with Crippen LogP contribution in [0.15, 0.2) is 24.3 Å². The summed E-state index contributed by atoms with van der Waals surface area (Å²) in [5.41, 5.74) is 2.78. The third-order valence-corrected chi connectivity index (χ3v) is 9.76. The van der Waals surface area contributed by atoms with E-state index in [1.807, 2.05) is 19.1 Å². The lowest BCUT2D eigenvalue weighted by Gasteiger charge is -2.22. The van der Waals surface area contributed by atoms with Gasteiger partial charge in [0.15, 0.2) is 0 Å². The number of allylic oxidation sites excluding steroid dienone is 2. The van der Waals surface area contributed by atoms with Gasteiger partial charge in [0.25, 0.3) is 0 Å². The number of carbonyl (C=O) groups excluding carboxylic acids is 4. The lowest BCUT2D eigenvalue weighted by atomic mass is 10.0. The molecule has 0 saturated heterocycles. The number of carbonyl (C=O) groups is 4. The highest BCUT2D eigenvalue weighted by Crippen LogP contribution is 2.17. The van der Waals surface area contributed by atoms with Crippen molar-refractivity contribution in [1.82, 2.24) is 10.4 Å². The Morgan fingerprint density at radius 2 is 1.02 bits per heavy atom. The van der Waals surface area contributed by atoms with Gasteiger partial charge in [0.1, 0.15) is 24.0 Å². The zero-order valence-electron chi connectivity index (χ0n) is 33.8. The van der Waals surface area contributed by atoms with Gasteiger partial charge in [0.2, 0.25) is 11.8 Å². The molecule has 0 aromatic heterocycles. The summed E-state index contributed by atoms with van der Waals surface area (Å²) in [5.74, 6) is -1.61. The molecule has 10 nitrogen and oxygen atoms in total. The van der Waals surface area contributed by atoms with Gasteiger partial charge in [-0.25, -0.2) is 0 Å². The number of aliphatic hydroxyl groups excluding tert-OH is 2. The topological polar surface area (TPSA) is 142 Å². The van der Waals surface area contributed by atoms with Crippen LogP contribution in [0.5, 0.6) is 0 Å². The number of aliphatic hydroxyl groups is 2. The maximum atomic E-state index is 12.7. The molecule has 0 radical (unpaired) electrons. The molecule has 0 heterocycles. The van der Waals surface area contributed by atoms with Crippen molar-refractivity contribution in [2.75, 3.05) is 18.3 Å². The Kier molecular flexibility index (Phi) is 35.0. The fraction of sp³-hybridized carbons (Fsp3) is 0.810. The number of ether oxygens (including phenoxy) is 2. The van der Waals surface area contributed by atoms with Crippen molar-refractivity contribution in [3.63, 3.8) is 0 Å². The Morgan fingerprint density at radius 3 is 1.44 bits per heavy atom. The summed E-state index contributed by atoms with van der Waals surface area (Å²) in [5, 5.41) is 22.5. The molecule has 0 saturated carbocycles. The summed E-state index contributed by atoms with van der Waals surface area (Å²) in [7, 11) is 0. The first-order valence-corrected chi connectivity index (χ1v) is 22.0. The molecule has 314 valence electrons. The molecule has 0 aliphatic heterocycles. The molecule has 0 aliphatic carbocycles. The van der Waals surface area contributed by atoms with E-state index in [1.165, 1.54) is 5.01 Å². The van der Waals surface area contributed by atoms with E-state index < -0.39 is 36.4 Å². The van der Waals surface area contributed by atoms with E-state index in [1.54, 1.807) is 0 Å². The van der Waals surface area contributed by atoms with Crippen LogP contribution in [-0.2, 0) is 28.7 Å². The number of nitrogens with one attached hydrogen (secondary N) is 1. The van der Waals surface area contributed by atoms with Crippen molar-refractivity contribution in [3.8, 4) is 0 Å². The van der Waals surface area contributed by atoms with Gasteiger partial charge in [0, 0.05) is 19.4 Å². The monoisotopic (exact) mass is 804 g/mol. The van der Waals surface area contributed by atoms with Crippen molar-refractivity contribution in [2.24, 2.45) is 0 Å². The van der Waals surface area contributed by atoms with Crippen LogP contribution in [0.2, 0.25) is 0 Å². The zero-order chi connectivity index (χ0) is 40.2. The molecule has 54 heavy (non-hydrogen) atoms.